The average Bonchev–Trinajstić information content (AvgIpc) is 2.33. The minimum absolute atomic E-state index is 1.07. The summed E-state index contributed by atoms with van der Waals surface area (Å²) in [7, 11) is 0. The summed E-state index contributed by atoms with van der Waals surface area (Å²) in [6, 6.07) is 11.7. The second-order valence-electron chi connectivity index (χ2n) is 2.99. The molecule has 0 aromatic carbocycles. The summed E-state index contributed by atoms with van der Waals surface area (Å²) >= 11 is 7.38. The quantitative estimate of drug-likeness (QED) is 0.600. The molecule has 0 aliphatic rings. The first-order chi connectivity index (χ1) is 8.20. The number of nitrogens with zero attached hydrogens (tertiary/aromatic N) is 2. The normalized spacial score (nSPS) is 8.47. The number of pyridine rings is 2. The number of hydrogen-bond acceptors (Lipinski definition) is 2. The van der Waals surface area contributed by atoms with Crippen LogP contribution in [0.4, 0.5) is 0 Å². The molecule has 2 nitrogen and oxygen atoms in total. The molecular formula is C12H14Br2CuN2. The SMILES string of the molecule is Cc1ccccn1.Cc1ccccn1.[Br][Cu][Br]. The fourth-order valence-electron chi connectivity index (χ4n) is 0.896. The van der Waals surface area contributed by atoms with Crippen LogP contribution in [0, 0.1) is 13.8 Å². The van der Waals surface area contributed by atoms with E-state index in [1.165, 1.54) is 11.3 Å². The zero-order chi connectivity index (χ0) is 12.9. The number of rotatable bonds is 0. The van der Waals surface area contributed by atoms with Gasteiger partial charge in [0.25, 0.3) is 0 Å². The zero-order valence-corrected chi connectivity index (χ0v) is 13.7. The van der Waals surface area contributed by atoms with E-state index >= 15 is 0 Å². The summed E-state index contributed by atoms with van der Waals surface area (Å²) in [5.74, 6) is 0. The van der Waals surface area contributed by atoms with Crippen LogP contribution in [-0.2, 0) is 11.3 Å². The molecule has 0 saturated heterocycles. The van der Waals surface area contributed by atoms with E-state index in [0.717, 1.165) is 11.4 Å². The molecule has 97 valence electrons. The first-order valence-corrected chi connectivity index (χ1v) is 9.42. The van der Waals surface area contributed by atoms with E-state index < -0.39 is 0 Å². The van der Waals surface area contributed by atoms with Crippen molar-refractivity contribution in [2.24, 2.45) is 0 Å². The average molecular weight is 410 g/mol. The molecule has 0 unspecified atom stereocenters. The van der Waals surface area contributed by atoms with Gasteiger partial charge < -0.3 is 0 Å². The van der Waals surface area contributed by atoms with Crippen LogP contribution in [0.15, 0.2) is 48.8 Å². The van der Waals surface area contributed by atoms with Gasteiger partial charge in [-0.3, -0.25) is 9.97 Å². The van der Waals surface area contributed by atoms with Crippen molar-refractivity contribution in [1.82, 2.24) is 9.97 Å². The van der Waals surface area contributed by atoms with Crippen LogP contribution < -0.4 is 0 Å². The van der Waals surface area contributed by atoms with Gasteiger partial charge in [0, 0.05) is 23.8 Å². The molecule has 17 heavy (non-hydrogen) atoms. The Morgan fingerprint density at radius 1 is 0.824 bits per heavy atom. The molecular weight excluding hydrogens is 396 g/mol. The van der Waals surface area contributed by atoms with Crippen molar-refractivity contribution in [2.75, 3.05) is 0 Å². The number of hydrogen-bond donors (Lipinski definition) is 0. The van der Waals surface area contributed by atoms with Crippen molar-refractivity contribution in [3.63, 3.8) is 0 Å². The Hall–Kier alpha value is -0.221. The van der Waals surface area contributed by atoms with Gasteiger partial charge in [-0.1, -0.05) is 12.1 Å². The van der Waals surface area contributed by atoms with Crippen molar-refractivity contribution in [1.29, 1.82) is 0 Å². The third kappa shape index (κ3) is 12.0. The summed E-state index contributed by atoms with van der Waals surface area (Å²) in [4.78, 5) is 7.96. The van der Waals surface area contributed by atoms with E-state index in [4.69, 9.17) is 0 Å². The van der Waals surface area contributed by atoms with Gasteiger partial charge in [-0.15, -0.1) is 0 Å². The molecule has 5 heteroatoms. The fourth-order valence-corrected chi connectivity index (χ4v) is 0.896. The fraction of sp³-hybridized carbons (Fsp3) is 0.167. The van der Waals surface area contributed by atoms with E-state index in [1.54, 1.807) is 12.4 Å². The molecule has 0 bridgehead atoms. The van der Waals surface area contributed by atoms with Gasteiger partial charge in [0.1, 0.15) is 0 Å². The van der Waals surface area contributed by atoms with E-state index in [2.05, 4.69) is 38.2 Å². The third-order valence-electron chi connectivity index (χ3n) is 1.63. The molecule has 0 aliphatic heterocycles. The third-order valence-corrected chi connectivity index (χ3v) is 1.63. The maximum atomic E-state index is 3.98. The molecule has 2 heterocycles. The van der Waals surface area contributed by atoms with Gasteiger partial charge in [-0.05, 0) is 38.1 Å². The van der Waals surface area contributed by atoms with Crippen LogP contribution >= 0.6 is 28.2 Å². The Bertz CT molecular complexity index is 333. The van der Waals surface area contributed by atoms with E-state index in [0.29, 0.717) is 0 Å². The van der Waals surface area contributed by atoms with Gasteiger partial charge in [0.05, 0.1) is 0 Å². The molecule has 2 aromatic heterocycles. The van der Waals surface area contributed by atoms with Gasteiger partial charge in [-0.25, -0.2) is 0 Å². The molecule has 0 spiro atoms. The van der Waals surface area contributed by atoms with Crippen LogP contribution in [0.3, 0.4) is 0 Å². The van der Waals surface area contributed by atoms with Crippen molar-refractivity contribution in [3.05, 3.63) is 60.2 Å². The van der Waals surface area contributed by atoms with Crippen molar-refractivity contribution in [3.8, 4) is 0 Å². The summed E-state index contributed by atoms with van der Waals surface area (Å²) in [5, 5.41) is 0. The van der Waals surface area contributed by atoms with E-state index in [-0.39, 0.29) is 0 Å². The molecule has 0 fully saturated rings. The van der Waals surface area contributed by atoms with E-state index in [1.807, 2.05) is 50.2 Å². The van der Waals surface area contributed by atoms with Crippen molar-refractivity contribution >= 4 is 28.2 Å². The van der Waals surface area contributed by atoms with Crippen LogP contribution in [0.5, 0.6) is 0 Å². The summed E-state index contributed by atoms with van der Waals surface area (Å²) in [6.45, 7) is 3.94. The number of aryl methyl sites for hydroxylation is 2. The van der Waals surface area contributed by atoms with Gasteiger partial charge in [-0.2, -0.15) is 0 Å². The summed E-state index contributed by atoms with van der Waals surface area (Å²) < 4.78 is 0. The maximum absolute atomic E-state index is 3.98. The molecule has 0 aliphatic carbocycles. The first kappa shape index (κ1) is 16.8. The van der Waals surface area contributed by atoms with Crippen molar-refractivity contribution in [2.45, 2.75) is 13.8 Å². The summed E-state index contributed by atoms with van der Waals surface area (Å²) in [6.07, 6.45) is 3.57. The second-order valence-corrected chi connectivity index (χ2v) is 7.74. The first-order valence-electron chi connectivity index (χ1n) is 4.77. The standard InChI is InChI=1S/2C6H7N.2BrH.Cu/c2*1-6-4-2-3-5-7-6;;;/h2*2-5H,1H3;2*1H;/q;;;;+2/p-2. The Kier molecular flexibility index (Phi) is 12.1. The van der Waals surface area contributed by atoms with Gasteiger partial charge >= 0.3 is 39.6 Å². The van der Waals surface area contributed by atoms with Crippen LogP contribution in [0.1, 0.15) is 11.4 Å². The van der Waals surface area contributed by atoms with Crippen LogP contribution in [0.2, 0.25) is 0 Å². The molecule has 0 N–H and O–H groups in total. The monoisotopic (exact) mass is 407 g/mol. The van der Waals surface area contributed by atoms with Crippen LogP contribution in [-0.4, -0.2) is 9.97 Å². The van der Waals surface area contributed by atoms with Gasteiger partial charge in [0.2, 0.25) is 0 Å². The molecule has 0 saturated carbocycles. The second kappa shape index (κ2) is 12.2. The zero-order valence-electron chi connectivity index (χ0n) is 9.57. The van der Waals surface area contributed by atoms with Crippen LogP contribution in [0.25, 0.3) is 0 Å². The molecule has 2 rings (SSSR count). The van der Waals surface area contributed by atoms with Gasteiger partial charge in [0.15, 0.2) is 0 Å². The minimum atomic E-state index is 1.07. The Labute approximate surface area is 123 Å². The Morgan fingerprint density at radius 3 is 1.29 bits per heavy atom. The topological polar surface area (TPSA) is 25.8 Å². The molecule has 0 amide bonds. The Morgan fingerprint density at radius 2 is 1.18 bits per heavy atom. The van der Waals surface area contributed by atoms with Crippen molar-refractivity contribution < 1.29 is 11.3 Å². The Balaban J connectivity index is 0.000000247. The number of aromatic nitrogens is 2. The predicted molar refractivity (Wildman–Crippen MR) is 75.8 cm³/mol. The molecule has 0 atom stereocenters. The summed E-state index contributed by atoms with van der Waals surface area (Å²) in [5.41, 5.74) is 2.14. The molecule has 2 aromatic rings. The predicted octanol–water partition coefficient (Wildman–Crippen LogP) is 4.47. The number of halogens is 2. The van der Waals surface area contributed by atoms with E-state index in [9.17, 15) is 0 Å². The molecule has 0 radical (unpaired) electrons.